The molecule has 0 aromatic carbocycles. The molecule has 4 nitrogen and oxygen atoms in total. The number of aromatic nitrogens is 2. The van der Waals surface area contributed by atoms with E-state index in [4.69, 9.17) is 0 Å². The highest BCUT2D eigenvalue weighted by atomic mass is 79.9. The fourth-order valence-electron chi connectivity index (χ4n) is 0.943. The van der Waals surface area contributed by atoms with Crippen LogP contribution in [-0.4, -0.2) is 16.3 Å². The predicted octanol–water partition coefficient (Wildman–Crippen LogP) is 1.53. The van der Waals surface area contributed by atoms with E-state index in [1.54, 1.807) is 13.2 Å². The standard InChI is InChI=1S/C9H12BrN3O/c1-3-4-5-11-7-6-12-13(2)9(14)8(7)10/h3,6,11H,1,4-5H2,2H3. The zero-order valence-electron chi connectivity index (χ0n) is 7.96. The van der Waals surface area contributed by atoms with Crippen LogP contribution in [0.25, 0.3) is 0 Å². The maximum absolute atomic E-state index is 11.4. The second-order valence-corrected chi connectivity index (χ2v) is 3.60. The molecule has 0 amide bonds. The molecule has 0 aliphatic carbocycles. The Labute approximate surface area is 90.8 Å². The van der Waals surface area contributed by atoms with Gasteiger partial charge < -0.3 is 5.32 Å². The lowest BCUT2D eigenvalue weighted by Crippen LogP contribution is -2.21. The molecule has 76 valence electrons. The van der Waals surface area contributed by atoms with Gasteiger partial charge in [0.1, 0.15) is 4.47 Å². The van der Waals surface area contributed by atoms with Crippen molar-refractivity contribution in [2.45, 2.75) is 6.42 Å². The average Bonchev–Trinajstić information content (AvgIpc) is 2.18. The topological polar surface area (TPSA) is 46.9 Å². The summed E-state index contributed by atoms with van der Waals surface area (Å²) in [6.45, 7) is 4.36. The van der Waals surface area contributed by atoms with Gasteiger partial charge in [-0.2, -0.15) is 5.10 Å². The largest absolute Gasteiger partial charge is 0.382 e. The van der Waals surface area contributed by atoms with E-state index in [1.807, 2.05) is 6.08 Å². The van der Waals surface area contributed by atoms with Crippen molar-refractivity contribution < 1.29 is 0 Å². The monoisotopic (exact) mass is 257 g/mol. The number of hydrogen-bond donors (Lipinski definition) is 1. The Kier molecular flexibility index (Phi) is 3.88. The van der Waals surface area contributed by atoms with Gasteiger partial charge in [0.15, 0.2) is 0 Å². The third kappa shape index (κ3) is 2.45. The number of nitrogens with one attached hydrogen (secondary N) is 1. The van der Waals surface area contributed by atoms with Crippen LogP contribution in [0.15, 0.2) is 28.1 Å². The van der Waals surface area contributed by atoms with Gasteiger partial charge in [-0.15, -0.1) is 6.58 Å². The highest BCUT2D eigenvalue weighted by Gasteiger charge is 2.04. The van der Waals surface area contributed by atoms with Crippen molar-refractivity contribution in [1.82, 2.24) is 9.78 Å². The van der Waals surface area contributed by atoms with Crippen molar-refractivity contribution in [3.8, 4) is 0 Å². The summed E-state index contributed by atoms with van der Waals surface area (Å²) in [7, 11) is 1.61. The number of hydrogen-bond acceptors (Lipinski definition) is 3. The molecule has 14 heavy (non-hydrogen) atoms. The molecule has 1 aromatic heterocycles. The maximum atomic E-state index is 11.4. The molecule has 0 unspecified atom stereocenters. The van der Waals surface area contributed by atoms with Gasteiger partial charge in [-0.3, -0.25) is 4.79 Å². The highest BCUT2D eigenvalue weighted by molar-refractivity contribution is 9.10. The van der Waals surface area contributed by atoms with E-state index < -0.39 is 0 Å². The molecule has 0 saturated carbocycles. The molecule has 0 saturated heterocycles. The highest BCUT2D eigenvalue weighted by Crippen LogP contribution is 2.15. The lowest BCUT2D eigenvalue weighted by molar-refractivity contribution is 0.703. The molecule has 0 spiro atoms. The van der Waals surface area contributed by atoms with Gasteiger partial charge in [-0.1, -0.05) is 6.08 Å². The summed E-state index contributed by atoms with van der Waals surface area (Å²) in [5.74, 6) is 0. The van der Waals surface area contributed by atoms with E-state index in [-0.39, 0.29) is 5.56 Å². The fourth-order valence-corrected chi connectivity index (χ4v) is 1.44. The summed E-state index contributed by atoms with van der Waals surface area (Å²) in [5.41, 5.74) is 0.573. The maximum Gasteiger partial charge on any atom is 0.282 e. The van der Waals surface area contributed by atoms with E-state index in [0.29, 0.717) is 4.47 Å². The van der Waals surface area contributed by atoms with Crippen molar-refractivity contribution in [3.63, 3.8) is 0 Å². The number of aryl methyl sites for hydroxylation is 1. The van der Waals surface area contributed by atoms with Crippen molar-refractivity contribution in [2.24, 2.45) is 7.05 Å². The molecule has 0 aliphatic rings. The quantitative estimate of drug-likeness (QED) is 0.658. The Hall–Kier alpha value is -1.10. The summed E-state index contributed by atoms with van der Waals surface area (Å²) in [6.07, 6.45) is 4.28. The average molecular weight is 258 g/mol. The molecule has 1 rings (SSSR count). The summed E-state index contributed by atoms with van der Waals surface area (Å²) >= 11 is 3.22. The van der Waals surface area contributed by atoms with Gasteiger partial charge in [-0.25, -0.2) is 4.68 Å². The lowest BCUT2D eigenvalue weighted by Gasteiger charge is -2.06. The van der Waals surface area contributed by atoms with Crippen molar-refractivity contribution in [1.29, 1.82) is 0 Å². The van der Waals surface area contributed by atoms with Gasteiger partial charge in [0.25, 0.3) is 5.56 Å². The first-order valence-electron chi connectivity index (χ1n) is 4.23. The predicted molar refractivity (Wildman–Crippen MR) is 60.5 cm³/mol. The van der Waals surface area contributed by atoms with Crippen LogP contribution in [-0.2, 0) is 7.05 Å². The summed E-state index contributed by atoms with van der Waals surface area (Å²) in [5, 5.41) is 6.99. The molecule has 0 fully saturated rings. The van der Waals surface area contributed by atoms with Crippen LogP contribution in [0.1, 0.15) is 6.42 Å². The van der Waals surface area contributed by atoms with Crippen LogP contribution in [0.4, 0.5) is 5.69 Å². The molecule has 0 bridgehead atoms. The Morgan fingerprint density at radius 1 is 1.79 bits per heavy atom. The van der Waals surface area contributed by atoms with Crippen LogP contribution in [0, 0.1) is 0 Å². The molecule has 1 aromatic rings. The minimum absolute atomic E-state index is 0.145. The van der Waals surface area contributed by atoms with Gasteiger partial charge in [0, 0.05) is 13.6 Å². The van der Waals surface area contributed by atoms with E-state index in [0.717, 1.165) is 18.7 Å². The first-order chi connectivity index (χ1) is 6.66. The molecular weight excluding hydrogens is 246 g/mol. The van der Waals surface area contributed by atoms with Crippen molar-refractivity contribution >= 4 is 21.6 Å². The molecule has 1 N–H and O–H groups in total. The number of rotatable bonds is 4. The van der Waals surface area contributed by atoms with E-state index in [2.05, 4.69) is 32.9 Å². The zero-order valence-corrected chi connectivity index (χ0v) is 9.54. The molecule has 5 heteroatoms. The second kappa shape index (κ2) is 4.95. The number of nitrogens with zero attached hydrogens (tertiary/aromatic N) is 2. The van der Waals surface area contributed by atoms with Gasteiger partial charge in [0.05, 0.1) is 11.9 Å². The lowest BCUT2D eigenvalue weighted by atomic mass is 10.4. The molecule has 0 atom stereocenters. The first kappa shape index (κ1) is 11.0. The zero-order chi connectivity index (χ0) is 10.6. The molecule has 0 radical (unpaired) electrons. The van der Waals surface area contributed by atoms with Crippen molar-refractivity contribution in [2.75, 3.05) is 11.9 Å². The molecule has 0 aliphatic heterocycles. The fraction of sp³-hybridized carbons (Fsp3) is 0.333. The minimum Gasteiger partial charge on any atom is -0.382 e. The third-order valence-corrected chi connectivity index (χ3v) is 2.51. The summed E-state index contributed by atoms with van der Waals surface area (Å²) in [6, 6.07) is 0. The van der Waals surface area contributed by atoms with Crippen LogP contribution in [0.5, 0.6) is 0 Å². The van der Waals surface area contributed by atoms with Gasteiger partial charge in [-0.05, 0) is 22.4 Å². The Bertz CT molecular complexity index is 386. The third-order valence-electron chi connectivity index (χ3n) is 1.74. The van der Waals surface area contributed by atoms with Crippen LogP contribution < -0.4 is 10.9 Å². The molecule has 1 heterocycles. The van der Waals surface area contributed by atoms with Crippen LogP contribution in [0.2, 0.25) is 0 Å². The first-order valence-corrected chi connectivity index (χ1v) is 5.02. The second-order valence-electron chi connectivity index (χ2n) is 2.81. The number of anilines is 1. The Morgan fingerprint density at radius 2 is 2.50 bits per heavy atom. The van der Waals surface area contributed by atoms with Crippen LogP contribution >= 0.6 is 15.9 Å². The minimum atomic E-state index is -0.145. The van der Waals surface area contributed by atoms with Gasteiger partial charge >= 0.3 is 0 Å². The normalized spacial score (nSPS) is 9.86. The van der Waals surface area contributed by atoms with E-state index in [1.165, 1.54) is 4.68 Å². The smallest absolute Gasteiger partial charge is 0.282 e. The number of halogens is 1. The van der Waals surface area contributed by atoms with E-state index >= 15 is 0 Å². The van der Waals surface area contributed by atoms with E-state index in [9.17, 15) is 4.79 Å². The van der Waals surface area contributed by atoms with Gasteiger partial charge in [0.2, 0.25) is 0 Å². The Balaban J connectivity index is 2.83. The summed E-state index contributed by atoms with van der Waals surface area (Å²) in [4.78, 5) is 11.4. The Morgan fingerprint density at radius 3 is 3.14 bits per heavy atom. The molecular formula is C9H12BrN3O. The SMILES string of the molecule is C=CCCNc1cnn(C)c(=O)c1Br. The van der Waals surface area contributed by atoms with Crippen LogP contribution in [0.3, 0.4) is 0 Å². The van der Waals surface area contributed by atoms with Crippen molar-refractivity contribution in [3.05, 3.63) is 33.7 Å². The summed E-state index contributed by atoms with van der Waals surface area (Å²) < 4.78 is 1.79.